The van der Waals surface area contributed by atoms with Gasteiger partial charge in [0.15, 0.2) is 0 Å². The molecule has 2 aromatic rings. The van der Waals surface area contributed by atoms with Crippen LogP contribution < -0.4 is 10.5 Å². The monoisotopic (exact) mass is 231 g/mol. The first-order chi connectivity index (χ1) is 8.24. The quantitative estimate of drug-likeness (QED) is 0.874. The number of hydrogen-bond donors (Lipinski definition) is 1. The van der Waals surface area contributed by atoms with Gasteiger partial charge in [0, 0.05) is 12.6 Å². The van der Waals surface area contributed by atoms with E-state index in [4.69, 9.17) is 10.5 Å². The van der Waals surface area contributed by atoms with Gasteiger partial charge in [-0.1, -0.05) is 18.2 Å². The van der Waals surface area contributed by atoms with Gasteiger partial charge in [-0.05, 0) is 13.0 Å². The van der Waals surface area contributed by atoms with Crippen LogP contribution in [0, 0.1) is 0 Å². The van der Waals surface area contributed by atoms with Crippen molar-refractivity contribution in [3.05, 3.63) is 48.0 Å². The highest BCUT2D eigenvalue weighted by molar-refractivity contribution is 5.39. The van der Waals surface area contributed by atoms with E-state index in [9.17, 15) is 0 Å². The van der Waals surface area contributed by atoms with Gasteiger partial charge < -0.3 is 15.0 Å². The number of nitrogens with zero attached hydrogens (tertiary/aromatic N) is 2. The SMILES string of the molecule is CCOc1ccccc1C(N)c1cncn1C. The molecule has 0 saturated heterocycles. The van der Waals surface area contributed by atoms with Crippen molar-refractivity contribution in [2.75, 3.05) is 6.61 Å². The molecule has 0 aliphatic carbocycles. The van der Waals surface area contributed by atoms with E-state index in [-0.39, 0.29) is 6.04 Å². The Balaban J connectivity index is 2.37. The Morgan fingerprint density at radius 2 is 2.18 bits per heavy atom. The van der Waals surface area contributed by atoms with E-state index in [1.165, 1.54) is 0 Å². The summed E-state index contributed by atoms with van der Waals surface area (Å²) in [7, 11) is 1.94. The molecule has 0 aliphatic rings. The Hall–Kier alpha value is -1.81. The first kappa shape index (κ1) is 11.7. The van der Waals surface area contributed by atoms with Crippen molar-refractivity contribution >= 4 is 0 Å². The maximum Gasteiger partial charge on any atom is 0.124 e. The molecular weight excluding hydrogens is 214 g/mol. The fourth-order valence-corrected chi connectivity index (χ4v) is 1.85. The van der Waals surface area contributed by atoms with E-state index in [2.05, 4.69) is 4.98 Å². The van der Waals surface area contributed by atoms with E-state index in [0.29, 0.717) is 6.61 Å². The number of ether oxygens (including phenoxy) is 1. The smallest absolute Gasteiger partial charge is 0.124 e. The molecule has 0 bridgehead atoms. The standard InChI is InChI=1S/C13H17N3O/c1-3-17-12-7-5-4-6-10(12)13(14)11-8-15-9-16(11)2/h4-9,13H,3,14H2,1-2H3. The van der Waals surface area contributed by atoms with Crippen molar-refractivity contribution in [2.45, 2.75) is 13.0 Å². The van der Waals surface area contributed by atoms with Crippen molar-refractivity contribution < 1.29 is 4.74 Å². The summed E-state index contributed by atoms with van der Waals surface area (Å²) in [6, 6.07) is 7.63. The first-order valence-corrected chi connectivity index (χ1v) is 5.67. The molecule has 90 valence electrons. The largest absolute Gasteiger partial charge is 0.494 e. The van der Waals surface area contributed by atoms with E-state index >= 15 is 0 Å². The second-order valence-electron chi connectivity index (χ2n) is 3.88. The highest BCUT2D eigenvalue weighted by atomic mass is 16.5. The molecule has 4 heteroatoms. The van der Waals surface area contributed by atoms with Crippen LogP contribution in [0.1, 0.15) is 24.2 Å². The lowest BCUT2D eigenvalue weighted by Gasteiger charge is -2.16. The zero-order valence-electron chi connectivity index (χ0n) is 10.1. The number of rotatable bonds is 4. The lowest BCUT2D eigenvalue weighted by Crippen LogP contribution is -2.16. The minimum Gasteiger partial charge on any atom is -0.494 e. The normalized spacial score (nSPS) is 12.4. The van der Waals surface area contributed by atoms with Crippen molar-refractivity contribution in [1.82, 2.24) is 9.55 Å². The van der Waals surface area contributed by atoms with Gasteiger partial charge in [0.2, 0.25) is 0 Å². The van der Waals surface area contributed by atoms with Gasteiger partial charge in [-0.15, -0.1) is 0 Å². The molecule has 0 amide bonds. The fraction of sp³-hybridized carbons (Fsp3) is 0.308. The number of benzene rings is 1. The molecule has 0 fully saturated rings. The van der Waals surface area contributed by atoms with Crippen molar-refractivity contribution in [3.63, 3.8) is 0 Å². The number of imidazole rings is 1. The Morgan fingerprint density at radius 1 is 1.41 bits per heavy atom. The maximum absolute atomic E-state index is 6.25. The van der Waals surface area contributed by atoms with Gasteiger partial charge in [0.05, 0.1) is 30.9 Å². The lowest BCUT2D eigenvalue weighted by molar-refractivity contribution is 0.335. The summed E-state index contributed by atoms with van der Waals surface area (Å²) in [5, 5.41) is 0. The summed E-state index contributed by atoms with van der Waals surface area (Å²) < 4.78 is 7.51. The number of para-hydroxylation sites is 1. The molecule has 2 N–H and O–H groups in total. The van der Waals surface area contributed by atoms with Crippen molar-refractivity contribution in [2.24, 2.45) is 12.8 Å². The van der Waals surface area contributed by atoms with Crippen LogP contribution in [0.15, 0.2) is 36.8 Å². The van der Waals surface area contributed by atoms with Gasteiger partial charge in [-0.3, -0.25) is 0 Å². The summed E-state index contributed by atoms with van der Waals surface area (Å²) in [6.07, 6.45) is 3.53. The maximum atomic E-state index is 6.25. The van der Waals surface area contributed by atoms with Crippen LogP contribution in [0.5, 0.6) is 5.75 Å². The Labute approximate surface area is 101 Å². The molecule has 4 nitrogen and oxygen atoms in total. The predicted molar refractivity (Wildman–Crippen MR) is 66.8 cm³/mol. The van der Waals surface area contributed by atoms with Gasteiger partial charge in [0.25, 0.3) is 0 Å². The van der Waals surface area contributed by atoms with Gasteiger partial charge >= 0.3 is 0 Å². The third kappa shape index (κ3) is 2.31. The fourth-order valence-electron chi connectivity index (χ4n) is 1.85. The zero-order valence-corrected chi connectivity index (χ0v) is 10.1. The first-order valence-electron chi connectivity index (χ1n) is 5.67. The van der Waals surface area contributed by atoms with Crippen LogP contribution in [0.4, 0.5) is 0 Å². The van der Waals surface area contributed by atoms with Crippen LogP contribution in [0.2, 0.25) is 0 Å². The Bertz CT molecular complexity index is 493. The van der Waals surface area contributed by atoms with Crippen molar-refractivity contribution in [3.8, 4) is 5.75 Å². The second kappa shape index (κ2) is 5.01. The summed E-state index contributed by atoms with van der Waals surface area (Å²) >= 11 is 0. The predicted octanol–water partition coefficient (Wildman–Crippen LogP) is 1.87. The van der Waals surface area contributed by atoms with Gasteiger partial charge in [0.1, 0.15) is 5.75 Å². The lowest BCUT2D eigenvalue weighted by atomic mass is 10.0. The molecule has 0 saturated carbocycles. The van der Waals surface area contributed by atoms with Crippen LogP contribution in [-0.2, 0) is 7.05 Å². The molecule has 0 spiro atoms. The number of aryl methyl sites for hydroxylation is 1. The topological polar surface area (TPSA) is 53.1 Å². The molecule has 0 radical (unpaired) electrons. The third-order valence-corrected chi connectivity index (χ3v) is 2.73. The number of nitrogens with two attached hydrogens (primary N) is 1. The van der Waals surface area contributed by atoms with Gasteiger partial charge in [-0.2, -0.15) is 0 Å². The zero-order chi connectivity index (χ0) is 12.3. The molecule has 17 heavy (non-hydrogen) atoms. The molecule has 1 atom stereocenters. The third-order valence-electron chi connectivity index (χ3n) is 2.73. The van der Waals surface area contributed by atoms with Crippen LogP contribution in [0.3, 0.4) is 0 Å². The Kier molecular flexibility index (Phi) is 3.44. The van der Waals surface area contributed by atoms with E-state index in [1.807, 2.05) is 42.8 Å². The second-order valence-corrected chi connectivity index (χ2v) is 3.88. The minimum absolute atomic E-state index is 0.217. The molecule has 1 unspecified atom stereocenters. The van der Waals surface area contributed by atoms with Crippen LogP contribution in [-0.4, -0.2) is 16.2 Å². The number of hydrogen-bond acceptors (Lipinski definition) is 3. The van der Waals surface area contributed by atoms with Crippen molar-refractivity contribution in [1.29, 1.82) is 0 Å². The molecule has 1 aromatic carbocycles. The van der Waals surface area contributed by atoms with E-state index in [0.717, 1.165) is 17.0 Å². The minimum atomic E-state index is -0.217. The molecule has 2 rings (SSSR count). The van der Waals surface area contributed by atoms with E-state index in [1.54, 1.807) is 12.5 Å². The number of aromatic nitrogens is 2. The highest BCUT2D eigenvalue weighted by Gasteiger charge is 2.16. The van der Waals surface area contributed by atoms with Gasteiger partial charge in [-0.25, -0.2) is 4.98 Å². The molecular formula is C13H17N3O. The molecule has 1 aromatic heterocycles. The highest BCUT2D eigenvalue weighted by Crippen LogP contribution is 2.27. The van der Waals surface area contributed by atoms with Crippen LogP contribution in [0.25, 0.3) is 0 Å². The van der Waals surface area contributed by atoms with Crippen LogP contribution >= 0.6 is 0 Å². The summed E-state index contributed by atoms with van der Waals surface area (Å²) in [5.41, 5.74) is 8.21. The van der Waals surface area contributed by atoms with E-state index < -0.39 is 0 Å². The average Bonchev–Trinajstić information content (AvgIpc) is 2.76. The summed E-state index contributed by atoms with van der Waals surface area (Å²) in [6.45, 7) is 2.60. The summed E-state index contributed by atoms with van der Waals surface area (Å²) in [4.78, 5) is 4.09. The Morgan fingerprint density at radius 3 is 2.82 bits per heavy atom. The summed E-state index contributed by atoms with van der Waals surface area (Å²) in [5.74, 6) is 0.837. The molecule has 0 aliphatic heterocycles. The molecule has 1 heterocycles. The average molecular weight is 231 g/mol.